The van der Waals surface area contributed by atoms with Crippen molar-refractivity contribution < 1.29 is 18.7 Å². The van der Waals surface area contributed by atoms with E-state index in [2.05, 4.69) is 32.6 Å². The molecule has 0 fully saturated rings. The molecule has 1 amide bonds. The van der Waals surface area contributed by atoms with Gasteiger partial charge in [0, 0.05) is 14.8 Å². The lowest BCUT2D eigenvalue weighted by Gasteiger charge is -2.08. The number of carbonyl (C=O) groups is 2. The predicted octanol–water partition coefficient (Wildman–Crippen LogP) is 3.47. The van der Waals surface area contributed by atoms with Crippen LogP contribution in [0.2, 0.25) is 0 Å². The Morgan fingerprint density at radius 1 is 1.19 bits per heavy atom. The van der Waals surface area contributed by atoms with Gasteiger partial charge in [0.25, 0.3) is 5.91 Å². The molecule has 2 rings (SSSR count). The Kier molecular flexibility index (Phi) is 4.89. The Balaban J connectivity index is 2.24. The van der Waals surface area contributed by atoms with Crippen molar-refractivity contribution in [1.29, 1.82) is 0 Å². The number of halogens is 2. The summed E-state index contributed by atoms with van der Waals surface area (Å²) in [6.45, 7) is 0. The second-order valence-corrected chi connectivity index (χ2v) is 5.40. The van der Waals surface area contributed by atoms with Gasteiger partial charge in [0.1, 0.15) is 5.82 Å². The highest BCUT2D eigenvalue weighted by molar-refractivity contribution is 14.1. The van der Waals surface area contributed by atoms with E-state index in [9.17, 15) is 14.0 Å². The fourth-order valence-electron chi connectivity index (χ4n) is 1.70. The minimum Gasteiger partial charge on any atom is -0.465 e. The highest BCUT2D eigenvalue weighted by atomic mass is 127. The third-order valence-corrected chi connectivity index (χ3v) is 3.39. The van der Waals surface area contributed by atoms with E-state index in [1.807, 2.05) is 6.07 Å². The number of carbonyl (C=O) groups excluding carboxylic acids is 2. The Labute approximate surface area is 134 Å². The maximum absolute atomic E-state index is 13.5. The van der Waals surface area contributed by atoms with E-state index in [-0.39, 0.29) is 11.5 Å². The number of methoxy groups -OCH3 is 1. The van der Waals surface area contributed by atoms with E-state index in [1.54, 1.807) is 18.2 Å². The highest BCUT2D eigenvalue weighted by Crippen LogP contribution is 2.17. The second kappa shape index (κ2) is 6.66. The first kappa shape index (κ1) is 15.4. The molecule has 0 heterocycles. The molecule has 0 aliphatic rings. The minimum atomic E-state index is -0.794. The molecule has 0 saturated carbocycles. The summed E-state index contributed by atoms with van der Waals surface area (Å²) in [6.07, 6.45) is 0. The lowest BCUT2D eigenvalue weighted by Crippen LogP contribution is -2.13. The zero-order valence-electron chi connectivity index (χ0n) is 11.0. The lowest BCUT2D eigenvalue weighted by atomic mass is 10.1. The summed E-state index contributed by atoms with van der Waals surface area (Å²) in [6, 6.07) is 10.8. The third kappa shape index (κ3) is 3.78. The molecule has 2 aromatic carbocycles. The van der Waals surface area contributed by atoms with Gasteiger partial charge in [0.2, 0.25) is 0 Å². The highest BCUT2D eigenvalue weighted by Gasteiger charge is 2.14. The van der Waals surface area contributed by atoms with Crippen LogP contribution >= 0.6 is 22.6 Å². The normalized spacial score (nSPS) is 10.0. The zero-order valence-corrected chi connectivity index (χ0v) is 13.2. The molecule has 0 aliphatic heterocycles. The van der Waals surface area contributed by atoms with Crippen LogP contribution in [0, 0.1) is 9.39 Å². The van der Waals surface area contributed by atoms with E-state index in [0.29, 0.717) is 11.3 Å². The number of hydrogen-bond acceptors (Lipinski definition) is 3. The zero-order chi connectivity index (χ0) is 15.4. The molecule has 0 aliphatic carbocycles. The first-order valence-corrected chi connectivity index (χ1v) is 7.04. The smallest absolute Gasteiger partial charge is 0.340 e. The van der Waals surface area contributed by atoms with Gasteiger partial charge in [-0.2, -0.15) is 0 Å². The maximum Gasteiger partial charge on any atom is 0.340 e. The van der Waals surface area contributed by atoms with Crippen LogP contribution in [0.5, 0.6) is 0 Å². The summed E-state index contributed by atoms with van der Waals surface area (Å²) in [4.78, 5) is 23.5. The first-order valence-electron chi connectivity index (χ1n) is 5.96. The van der Waals surface area contributed by atoms with Gasteiger partial charge in [-0.1, -0.05) is 6.07 Å². The van der Waals surface area contributed by atoms with Crippen LogP contribution in [-0.4, -0.2) is 19.0 Å². The molecule has 0 aromatic heterocycles. The van der Waals surface area contributed by atoms with Crippen molar-refractivity contribution in [3.8, 4) is 0 Å². The number of hydrogen-bond donors (Lipinski definition) is 1. The molecule has 2 aromatic rings. The average Bonchev–Trinajstić information content (AvgIpc) is 2.48. The molecule has 1 N–H and O–H groups in total. The number of anilines is 1. The van der Waals surface area contributed by atoms with Crippen molar-refractivity contribution in [2.45, 2.75) is 0 Å². The third-order valence-electron chi connectivity index (χ3n) is 2.72. The number of nitrogens with one attached hydrogen (secondary N) is 1. The minimum absolute atomic E-state index is 0.224. The van der Waals surface area contributed by atoms with Crippen molar-refractivity contribution in [3.05, 3.63) is 63.0 Å². The molecule has 4 nitrogen and oxygen atoms in total. The number of esters is 1. The van der Waals surface area contributed by atoms with Crippen molar-refractivity contribution in [2.75, 3.05) is 12.4 Å². The van der Waals surface area contributed by atoms with Gasteiger partial charge in [-0.15, -0.1) is 0 Å². The SMILES string of the molecule is COC(=O)c1cc(NC(=O)c2cccc(I)c2)ccc1F. The topological polar surface area (TPSA) is 55.4 Å². The van der Waals surface area contributed by atoms with Crippen molar-refractivity contribution in [2.24, 2.45) is 0 Å². The van der Waals surface area contributed by atoms with E-state index in [1.165, 1.54) is 19.2 Å². The molecule has 0 radical (unpaired) electrons. The summed E-state index contributed by atoms with van der Waals surface area (Å²) >= 11 is 2.10. The molecule has 0 bridgehead atoms. The average molecular weight is 399 g/mol. The predicted molar refractivity (Wildman–Crippen MR) is 84.9 cm³/mol. The van der Waals surface area contributed by atoms with Crippen LogP contribution in [0.4, 0.5) is 10.1 Å². The number of ether oxygens (including phenoxy) is 1. The van der Waals surface area contributed by atoms with Gasteiger partial charge in [0.05, 0.1) is 12.7 Å². The quantitative estimate of drug-likeness (QED) is 0.636. The molecule has 108 valence electrons. The first-order chi connectivity index (χ1) is 10.0. The number of rotatable bonds is 3. The van der Waals surface area contributed by atoms with Crippen LogP contribution in [0.3, 0.4) is 0 Å². The summed E-state index contributed by atoms with van der Waals surface area (Å²) in [7, 11) is 1.17. The van der Waals surface area contributed by atoms with Gasteiger partial charge >= 0.3 is 5.97 Å². The largest absolute Gasteiger partial charge is 0.465 e. The van der Waals surface area contributed by atoms with Gasteiger partial charge in [-0.05, 0) is 59.0 Å². The number of amides is 1. The Morgan fingerprint density at radius 3 is 2.62 bits per heavy atom. The van der Waals surface area contributed by atoms with E-state index >= 15 is 0 Å². The summed E-state index contributed by atoms with van der Waals surface area (Å²) in [5, 5.41) is 2.62. The summed E-state index contributed by atoms with van der Waals surface area (Å²) < 4.78 is 18.9. The van der Waals surface area contributed by atoms with Crippen LogP contribution in [0.1, 0.15) is 20.7 Å². The van der Waals surface area contributed by atoms with Crippen molar-refractivity contribution in [3.63, 3.8) is 0 Å². The lowest BCUT2D eigenvalue weighted by molar-refractivity contribution is 0.0595. The van der Waals surface area contributed by atoms with Gasteiger partial charge in [-0.25, -0.2) is 9.18 Å². The second-order valence-electron chi connectivity index (χ2n) is 4.15. The molecular formula is C15H11FINO3. The summed E-state index contributed by atoms with van der Waals surface area (Å²) in [5.41, 5.74) is 0.574. The monoisotopic (exact) mass is 399 g/mol. The van der Waals surface area contributed by atoms with E-state index in [4.69, 9.17) is 0 Å². The van der Waals surface area contributed by atoms with Crippen LogP contribution < -0.4 is 5.32 Å². The molecule has 0 atom stereocenters. The molecule has 0 unspecified atom stereocenters. The fourth-order valence-corrected chi connectivity index (χ4v) is 2.25. The molecule has 0 saturated heterocycles. The van der Waals surface area contributed by atoms with Crippen molar-refractivity contribution >= 4 is 40.2 Å². The van der Waals surface area contributed by atoms with Gasteiger partial charge in [-0.3, -0.25) is 4.79 Å². The molecule has 0 spiro atoms. The van der Waals surface area contributed by atoms with Crippen LogP contribution in [0.15, 0.2) is 42.5 Å². The van der Waals surface area contributed by atoms with Gasteiger partial charge in [0.15, 0.2) is 0 Å². The Bertz CT molecular complexity index is 703. The van der Waals surface area contributed by atoms with Crippen LogP contribution in [-0.2, 0) is 4.74 Å². The molecule has 6 heteroatoms. The maximum atomic E-state index is 13.5. The van der Waals surface area contributed by atoms with Crippen LogP contribution in [0.25, 0.3) is 0 Å². The molecular weight excluding hydrogens is 388 g/mol. The fraction of sp³-hybridized carbons (Fsp3) is 0.0667. The van der Waals surface area contributed by atoms with E-state index in [0.717, 1.165) is 9.64 Å². The Morgan fingerprint density at radius 2 is 1.95 bits per heavy atom. The Hall–Kier alpha value is -1.96. The summed E-state index contributed by atoms with van der Waals surface area (Å²) in [5.74, 6) is -1.83. The van der Waals surface area contributed by atoms with E-state index < -0.39 is 11.8 Å². The van der Waals surface area contributed by atoms with Crippen molar-refractivity contribution in [1.82, 2.24) is 0 Å². The standard InChI is InChI=1S/C15H11FINO3/c1-21-15(20)12-8-11(5-6-13(12)16)18-14(19)9-3-2-4-10(17)7-9/h2-8H,1H3,(H,18,19). The number of benzene rings is 2. The molecule has 21 heavy (non-hydrogen) atoms. The van der Waals surface area contributed by atoms with Gasteiger partial charge < -0.3 is 10.1 Å².